The topological polar surface area (TPSA) is 94.4 Å². The number of nitrogens with zero attached hydrogens (tertiary/aromatic N) is 2. The van der Waals surface area contributed by atoms with E-state index in [0.717, 1.165) is 6.07 Å². The first-order valence-electron chi connectivity index (χ1n) is 5.66. The van der Waals surface area contributed by atoms with Crippen molar-refractivity contribution in [1.82, 2.24) is 4.98 Å². The number of rotatable bonds is 4. The molecule has 0 aliphatic carbocycles. The lowest BCUT2D eigenvalue weighted by Crippen LogP contribution is -2.04. The number of nitro groups is 1. The molecule has 0 bridgehead atoms. The van der Waals surface area contributed by atoms with Crippen molar-refractivity contribution in [2.24, 2.45) is 0 Å². The van der Waals surface area contributed by atoms with E-state index in [0.29, 0.717) is 5.82 Å². The fourth-order valence-corrected chi connectivity index (χ4v) is 1.61. The number of hydrogen-bond acceptors (Lipinski definition) is 6. The molecule has 0 amide bonds. The monoisotopic (exact) mass is 273 g/mol. The SMILES string of the molecule is COC(=O)c1ccc(Nc2ccccn2)c([N+](=O)[O-])c1. The summed E-state index contributed by atoms with van der Waals surface area (Å²) < 4.78 is 4.53. The molecule has 0 atom stereocenters. The van der Waals surface area contributed by atoms with Crippen LogP contribution >= 0.6 is 0 Å². The number of ether oxygens (including phenoxy) is 1. The number of methoxy groups -OCH3 is 1. The summed E-state index contributed by atoms with van der Waals surface area (Å²) in [6, 6.07) is 9.22. The molecule has 2 rings (SSSR count). The number of nitrogens with one attached hydrogen (secondary N) is 1. The third-order valence-electron chi connectivity index (χ3n) is 2.54. The zero-order valence-electron chi connectivity index (χ0n) is 10.6. The summed E-state index contributed by atoms with van der Waals surface area (Å²) in [6.45, 7) is 0. The van der Waals surface area contributed by atoms with Crippen LogP contribution in [0, 0.1) is 10.1 Å². The number of anilines is 2. The third-order valence-corrected chi connectivity index (χ3v) is 2.54. The van der Waals surface area contributed by atoms with Gasteiger partial charge in [-0.3, -0.25) is 10.1 Å². The van der Waals surface area contributed by atoms with E-state index in [1.54, 1.807) is 24.4 Å². The van der Waals surface area contributed by atoms with Crippen LogP contribution in [-0.4, -0.2) is 23.0 Å². The maximum absolute atomic E-state index is 11.4. The minimum Gasteiger partial charge on any atom is -0.465 e. The van der Waals surface area contributed by atoms with Gasteiger partial charge in [0.15, 0.2) is 0 Å². The van der Waals surface area contributed by atoms with Crippen LogP contribution < -0.4 is 5.32 Å². The maximum atomic E-state index is 11.4. The van der Waals surface area contributed by atoms with Gasteiger partial charge in [-0.15, -0.1) is 0 Å². The van der Waals surface area contributed by atoms with E-state index in [4.69, 9.17) is 0 Å². The van der Waals surface area contributed by atoms with Crippen molar-refractivity contribution in [2.45, 2.75) is 0 Å². The average Bonchev–Trinajstić information content (AvgIpc) is 2.47. The number of aromatic nitrogens is 1. The van der Waals surface area contributed by atoms with Crippen molar-refractivity contribution in [3.8, 4) is 0 Å². The van der Waals surface area contributed by atoms with E-state index in [2.05, 4.69) is 15.0 Å². The summed E-state index contributed by atoms with van der Waals surface area (Å²) in [6.07, 6.45) is 1.57. The molecule has 0 aliphatic heterocycles. The number of pyridine rings is 1. The standard InChI is InChI=1S/C13H11N3O4/c1-20-13(17)9-5-6-10(11(8-9)16(18)19)15-12-4-2-3-7-14-12/h2-8H,1H3,(H,14,15). The number of hydrogen-bond donors (Lipinski definition) is 1. The molecule has 1 aromatic heterocycles. The van der Waals surface area contributed by atoms with E-state index >= 15 is 0 Å². The highest BCUT2D eigenvalue weighted by atomic mass is 16.6. The number of carbonyl (C=O) groups excluding carboxylic acids is 1. The van der Waals surface area contributed by atoms with E-state index in [9.17, 15) is 14.9 Å². The average molecular weight is 273 g/mol. The highest BCUT2D eigenvalue weighted by Gasteiger charge is 2.18. The summed E-state index contributed by atoms with van der Waals surface area (Å²) in [4.78, 5) is 25.9. The molecule has 0 unspecified atom stereocenters. The molecular weight excluding hydrogens is 262 g/mol. The number of esters is 1. The van der Waals surface area contributed by atoms with Gasteiger partial charge >= 0.3 is 5.97 Å². The van der Waals surface area contributed by atoms with Crippen LogP contribution in [0.3, 0.4) is 0 Å². The van der Waals surface area contributed by atoms with Crippen molar-refractivity contribution >= 4 is 23.2 Å². The Morgan fingerprint density at radius 3 is 2.75 bits per heavy atom. The lowest BCUT2D eigenvalue weighted by atomic mass is 10.1. The zero-order chi connectivity index (χ0) is 14.5. The molecule has 102 valence electrons. The molecule has 7 heteroatoms. The minimum absolute atomic E-state index is 0.116. The molecular formula is C13H11N3O4. The molecule has 2 aromatic rings. The Labute approximate surface area is 114 Å². The van der Waals surface area contributed by atoms with Crippen LogP contribution in [0.1, 0.15) is 10.4 Å². The van der Waals surface area contributed by atoms with E-state index in [1.807, 2.05) is 0 Å². The van der Waals surface area contributed by atoms with Crippen LogP contribution in [0.25, 0.3) is 0 Å². The normalized spacial score (nSPS) is 9.85. The molecule has 0 spiro atoms. The minimum atomic E-state index is -0.627. The van der Waals surface area contributed by atoms with Crippen LogP contribution in [0.2, 0.25) is 0 Å². The number of nitro benzene ring substituents is 1. The molecule has 1 N–H and O–H groups in total. The molecule has 7 nitrogen and oxygen atoms in total. The Bertz CT molecular complexity index is 643. The van der Waals surface area contributed by atoms with Gasteiger partial charge in [-0.2, -0.15) is 0 Å². The Morgan fingerprint density at radius 1 is 1.35 bits per heavy atom. The molecule has 1 aromatic carbocycles. The first-order valence-corrected chi connectivity index (χ1v) is 5.66. The Balaban J connectivity index is 2.38. The maximum Gasteiger partial charge on any atom is 0.338 e. The van der Waals surface area contributed by atoms with E-state index < -0.39 is 10.9 Å². The van der Waals surface area contributed by atoms with Crippen LogP contribution in [0.15, 0.2) is 42.6 Å². The van der Waals surface area contributed by atoms with Gasteiger partial charge in [0.25, 0.3) is 5.69 Å². The van der Waals surface area contributed by atoms with Gasteiger partial charge in [0.05, 0.1) is 17.6 Å². The predicted octanol–water partition coefficient (Wildman–Crippen LogP) is 2.52. The second-order valence-corrected chi connectivity index (χ2v) is 3.82. The highest BCUT2D eigenvalue weighted by Crippen LogP contribution is 2.28. The fraction of sp³-hybridized carbons (Fsp3) is 0.0769. The van der Waals surface area contributed by atoms with E-state index in [1.165, 1.54) is 19.2 Å². The number of carbonyl (C=O) groups is 1. The number of benzene rings is 1. The highest BCUT2D eigenvalue weighted by molar-refractivity contribution is 5.91. The molecule has 1 heterocycles. The summed E-state index contributed by atoms with van der Waals surface area (Å²) in [5.41, 5.74) is 0.144. The summed E-state index contributed by atoms with van der Waals surface area (Å²) >= 11 is 0. The van der Waals surface area contributed by atoms with Gasteiger partial charge in [-0.05, 0) is 24.3 Å². The lowest BCUT2D eigenvalue weighted by Gasteiger charge is -2.07. The Morgan fingerprint density at radius 2 is 2.15 bits per heavy atom. The van der Waals surface area contributed by atoms with Gasteiger partial charge in [-0.1, -0.05) is 6.07 Å². The smallest absolute Gasteiger partial charge is 0.338 e. The first kappa shape index (κ1) is 13.5. The van der Waals surface area contributed by atoms with Crippen molar-refractivity contribution in [1.29, 1.82) is 0 Å². The van der Waals surface area contributed by atoms with Gasteiger partial charge < -0.3 is 10.1 Å². The Kier molecular flexibility index (Phi) is 3.90. The second kappa shape index (κ2) is 5.79. The van der Waals surface area contributed by atoms with Crippen LogP contribution in [-0.2, 0) is 4.74 Å². The summed E-state index contributed by atoms with van der Waals surface area (Å²) in [7, 11) is 1.22. The zero-order valence-corrected chi connectivity index (χ0v) is 10.6. The third kappa shape index (κ3) is 2.89. The molecule has 0 radical (unpaired) electrons. The lowest BCUT2D eigenvalue weighted by molar-refractivity contribution is -0.383. The molecule has 0 saturated heterocycles. The van der Waals surface area contributed by atoms with Gasteiger partial charge in [-0.25, -0.2) is 9.78 Å². The van der Waals surface area contributed by atoms with Gasteiger partial charge in [0.2, 0.25) is 0 Å². The Hall–Kier alpha value is -2.96. The van der Waals surface area contributed by atoms with Crippen molar-refractivity contribution in [3.63, 3.8) is 0 Å². The molecule has 0 fully saturated rings. The molecule has 0 aliphatic rings. The van der Waals surface area contributed by atoms with Crippen LogP contribution in [0.4, 0.5) is 17.2 Å². The second-order valence-electron chi connectivity index (χ2n) is 3.82. The first-order chi connectivity index (χ1) is 9.61. The summed E-state index contributed by atoms with van der Waals surface area (Å²) in [5.74, 6) is -0.154. The van der Waals surface area contributed by atoms with Crippen LogP contribution in [0.5, 0.6) is 0 Å². The summed E-state index contributed by atoms with van der Waals surface area (Å²) in [5, 5.41) is 13.9. The van der Waals surface area contributed by atoms with Crippen molar-refractivity contribution in [3.05, 3.63) is 58.3 Å². The van der Waals surface area contributed by atoms with Crippen molar-refractivity contribution in [2.75, 3.05) is 12.4 Å². The molecule has 0 saturated carbocycles. The van der Waals surface area contributed by atoms with Crippen molar-refractivity contribution < 1.29 is 14.5 Å². The van der Waals surface area contributed by atoms with Gasteiger partial charge in [0.1, 0.15) is 11.5 Å². The largest absolute Gasteiger partial charge is 0.465 e. The quantitative estimate of drug-likeness (QED) is 0.522. The van der Waals surface area contributed by atoms with E-state index in [-0.39, 0.29) is 16.9 Å². The predicted molar refractivity (Wildman–Crippen MR) is 72.0 cm³/mol. The molecule has 20 heavy (non-hydrogen) atoms. The van der Waals surface area contributed by atoms with Gasteiger partial charge in [0, 0.05) is 12.3 Å². The fourth-order valence-electron chi connectivity index (χ4n) is 1.61.